The van der Waals surface area contributed by atoms with E-state index in [9.17, 15) is 4.79 Å². The number of piperidine rings is 1. The van der Waals surface area contributed by atoms with Crippen LogP contribution in [-0.4, -0.2) is 60.6 Å². The summed E-state index contributed by atoms with van der Waals surface area (Å²) in [6.45, 7) is 6.35. The van der Waals surface area contributed by atoms with Crippen molar-refractivity contribution in [1.29, 1.82) is 5.41 Å². The molecule has 0 bridgehead atoms. The molecule has 1 aliphatic carbocycles. The Morgan fingerprint density at radius 2 is 1.73 bits per heavy atom. The third-order valence-corrected chi connectivity index (χ3v) is 7.53. The van der Waals surface area contributed by atoms with E-state index in [1.54, 1.807) is 13.0 Å². The SMILES string of the molecule is CCN=C(NC1CCCN(C(=O)/C=C/CNC2CCCC2)C1)/C(C(=N)c1ccc(Oc2ccccc2)cc1)=C(\C)N. The highest BCUT2D eigenvalue weighted by atomic mass is 16.5. The number of para-hydroxylation sites is 1. The fourth-order valence-corrected chi connectivity index (χ4v) is 5.43. The molecular formula is C33H44N6O2. The minimum atomic E-state index is 0.0202. The molecule has 1 amide bonds. The molecule has 0 spiro atoms. The fourth-order valence-electron chi connectivity index (χ4n) is 5.43. The summed E-state index contributed by atoms with van der Waals surface area (Å²) in [6.07, 6.45) is 10.5. The van der Waals surface area contributed by atoms with Crippen LogP contribution in [0.2, 0.25) is 0 Å². The maximum absolute atomic E-state index is 12.9. The summed E-state index contributed by atoms with van der Waals surface area (Å²) in [7, 11) is 0. The number of amidine groups is 1. The predicted octanol–water partition coefficient (Wildman–Crippen LogP) is 5.17. The van der Waals surface area contributed by atoms with E-state index in [1.165, 1.54) is 25.7 Å². The maximum atomic E-state index is 12.9. The Labute approximate surface area is 244 Å². The largest absolute Gasteiger partial charge is 0.457 e. The van der Waals surface area contributed by atoms with E-state index in [-0.39, 0.29) is 17.7 Å². The molecule has 2 aromatic carbocycles. The van der Waals surface area contributed by atoms with E-state index in [0.717, 1.165) is 31.7 Å². The number of nitrogens with one attached hydrogen (secondary N) is 3. The zero-order valence-electron chi connectivity index (χ0n) is 24.4. The van der Waals surface area contributed by atoms with E-state index in [4.69, 9.17) is 20.9 Å². The quantitative estimate of drug-likeness (QED) is 0.173. The molecule has 2 aliphatic rings. The van der Waals surface area contributed by atoms with Gasteiger partial charge in [0.05, 0.1) is 11.3 Å². The number of hydrogen-bond acceptors (Lipinski definition) is 6. The lowest BCUT2D eigenvalue weighted by Crippen LogP contribution is -2.50. The minimum absolute atomic E-state index is 0.0202. The van der Waals surface area contributed by atoms with Crippen molar-refractivity contribution in [2.24, 2.45) is 10.7 Å². The molecule has 1 heterocycles. The van der Waals surface area contributed by atoms with E-state index >= 15 is 0 Å². The molecule has 2 aromatic rings. The molecule has 41 heavy (non-hydrogen) atoms. The lowest BCUT2D eigenvalue weighted by molar-refractivity contribution is -0.127. The first-order chi connectivity index (χ1) is 19.9. The van der Waals surface area contributed by atoms with Crippen molar-refractivity contribution < 1.29 is 9.53 Å². The van der Waals surface area contributed by atoms with Crippen molar-refractivity contribution in [2.75, 3.05) is 26.2 Å². The van der Waals surface area contributed by atoms with Gasteiger partial charge in [0.15, 0.2) is 0 Å². The van der Waals surface area contributed by atoms with Crippen molar-refractivity contribution in [3.8, 4) is 11.5 Å². The average Bonchev–Trinajstić information content (AvgIpc) is 3.50. The molecule has 8 heteroatoms. The molecule has 5 N–H and O–H groups in total. The maximum Gasteiger partial charge on any atom is 0.246 e. The Morgan fingerprint density at radius 3 is 2.41 bits per heavy atom. The van der Waals surface area contributed by atoms with Crippen LogP contribution in [0.1, 0.15) is 57.9 Å². The molecule has 1 atom stereocenters. The standard InChI is InChI=1S/C33H44N6O2/c1-3-36-33(38-27-13-10-22-39(23-27)30(40)16-9-21-37-26-11-7-8-12-26)31(24(2)34)32(35)25-17-19-29(20-18-25)41-28-14-5-4-6-15-28/h4-6,9,14-20,26-27,35,37H,3,7-8,10-13,21-23,34H2,1-2H3,(H,36,38)/b16-9+,31-24+,35-32?. The Morgan fingerprint density at radius 1 is 1.05 bits per heavy atom. The number of carbonyl (C=O) groups is 1. The molecule has 4 rings (SSSR count). The van der Waals surface area contributed by atoms with Gasteiger partial charge < -0.3 is 26.0 Å². The van der Waals surface area contributed by atoms with Gasteiger partial charge in [0, 0.05) is 55.6 Å². The normalized spacial score (nSPS) is 18.8. The number of amides is 1. The molecule has 1 unspecified atom stereocenters. The van der Waals surface area contributed by atoms with Gasteiger partial charge in [-0.3, -0.25) is 15.2 Å². The Hall–Kier alpha value is -3.91. The summed E-state index contributed by atoms with van der Waals surface area (Å²) in [5.74, 6) is 2.08. The number of hydrogen-bond donors (Lipinski definition) is 4. The summed E-state index contributed by atoms with van der Waals surface area (Å²) in [6, 6.07) is 17.6. The Balaban J connectivity index is 1.38. The molecule has 0 radical (unpaired) electrons. The van der Waals surface area contributed by atoms with Crippen LogP contribution in [0.5, 0.6) is 11.5 Å². The first-order valence-corrected chi connectivity index (χ1v) is 14.8. The van der Waals surface area contributed by atoms with Crippen LogP contribution in [0.15, 0.2) is 83.0 Å². The third-order valence-electron chi connectivity index (χ3n) is 7.53. The second-order valence-electron chi connectivity index (χ2n) is 10.8. The van der Waals surface area contributed by atoms with Crippen LogP contribution in [-0.2, 0) is 4.79 Å². The van der Waals surface area contributed by atoms with Crippen LogP contribution < -0.4 is 21.1 Å². The number of aliphatic imine (C=N–C) groups is 1. The van der Waals surface area contributed by atoms with Gasteiger partial charge in [0.2, 0.25) is 5.91 Å². The van der Waals surface area contributed by atoms with Gasteiger partial charge in [-0.05, 0) is 75.9 Å². The molecule has 1 saturated carbocycles. The van der Waals surface area contributed by atoms with Crippen LogP contribution in [0.3, 0.4) is 0 Å². The number of ether oxygens (including phenoxy) is 1. The predicted molar refractivity (Wildman–Crippen MR) is 167 cm³/mol. The second kappa shape index (κ2) is 15.2. The zero-order chi connectivity index (χ0) is 29.0. The van der Waals surface area contributed by atoms with Gasteiger partial charge in [-0.2, -0.15) is 0 Å². The van der Waals surface area contributed by atoms with Gasteiger partial charge in [0.1, 0.15) is 17.3 Å². The molecule has 218 valence electrons. The van der Waals surface area contributed by atoms with Crippen LogP contribution in [0.25, 0.3) is 0 Å². The van der Waals surface area contributed by atoms with Crippen LogP contribution >= 0.6 is 0 Å². The summed E-state index contributed by atoms with van der Waals surface area (Å²) < 4.78 is 5.91. The molecule has 0 aromatic heterocycles. The molecule has 1 aliphatic heterocycles. The van der Waals surface area contributed by atoms with E-state index in [1.807, 2.05) is 72.5 Å². The monoisotopic (exact) mass is 556 g/mol. The highest BCUT2D eigenvalue weighted by molar-refractivity contribution is 6.28. The molecular weight excluding hydrogens is 512 g/mol. The van der Waals surface area contributed by atoms with Gasteiger partial charge in [-0.1, -0.05) is 37.1 Å². The fraction of sp³-hybridized carbons (Fsp3) is 0.424. The number of allylic oxidation sites excluding steroid dienone is 1. The summed E-state index contributed by atoms with van der Waals surface area (Å²) in [5.41, 5.74) is 8.44. The third kappa shape index (κ3) is 8.79. The van der Waals surface area contributed by atoms with Crippen molar-refractivity contribution >= 4 is 17.5 Å². The van der Waals surface area contributed by atoms with Gasteiger partial charge in [-0.15, -0.1) is 0 Å². The first kappa shape index (κ1) is 30.1. The average molecular weight is 557 g/mol. The van der Waals surface area contributed by atoms with Crippen molar-refractivity contribution in [3.63, 3.8) is 0 Å². The summed E-state index contributed by atoms with van der Waals surface area (Å²) in [5, 5.41) is 16.1. The summed E-state index contributed by atoms with van der Waals surface area (Å²) in [4.78, 5) is 19.5. The first-order valence-electron chi connectivity index (χ1n) is 14.8. The van der Waals surface area contributed by atoms with Crippen molar-refractivity contribution in [2.45, 2.75) is 64.5 Å². The highest BCUT2D eigenvalue weighted by Gasteiger charge is 2.26. The molecule has 2 fully saturated rings. The number of nitrogens with two attached hydrogens (primary N) is 1. The van der Waals surface area contributed by atoms with Crippen LogP contribution in [0.4, 0.5) is 0 Å². The number of carbonyl (C=O) groups excluding carboxylic acids is 1. The smallest absolute Gasteiger partial charge is 0.246 e. The van der Waals surface area contributed by atoms with Crippen molar-refractivity contribution in [3.05, 3.63) is 83.6 Å². The van der Waals surface area contributed by atoms with Gasteiger partial charge in [-0.25, -0.2) is 0 Å². The second-order valence-corrected chi connectivity index (χ2v) is 10.8. The molecule has 8 nitrogen and oxygen atoms in total. The van der Waals surface area contributed by atoms with E-state index in [0.29, 0.717) is 47.6 Å². The number of rotatable bonds is 11. The Kier molecular flexibility index (Phi) is 11.1. The number of likely N-dealkylation sites (tertiary alicyclic amines) is 1. The van der Waals surface area contributed by atoms with E-state index < -0.39 is 0 Å². The lowest BCUT2D eigenvalue weighted by atomic mass is 9.98. The van der Waals surface area contributed by atoms with Crippen molar-refractivity contribution in [1.82, 2.24) is 15.5 Å². The van der Waals surface area contributed by atoms with Gasteiger partial charge >= 0.3 is 0 Å². The lowest BCUT2D eigenvalue weighted by Gasteiger charge is -2.34. The van der Waals surface area contributed by atoms with Gasteiger partial charge in [0.25, 0.3) is 0 Å². The number of nitrogens with zero attached hydrogens (tertiary/aromatic N) is 2. The Bertz CT molecular complexity index is 1240. The highest BCUT2D eigenvalue weighted by Crippen LogP contribution is 2.23. The summed E-state index contributed by atoms with van der Waals surface area (Å²) >= 11 is 0. The number of benzene rings is 2. The zero-order valence-corrected chi connectivity index (χ0v) is 24.4. The molecule has 1 saturated heterocycles. The minimum Gasteiger partial charge on any atom is -0.457 e. The topological polar surface area (TPSA) is 116 Å². The van der Waals surface area contributed by atoms with E-state index in [2.05, 4.69) is 10.6 Å². The van der Waals surface area contributed by atoms with Crippen LogP contribution in [0, 0.1) is 5.41 Å².